The molecule has 1 aromatic carbocycles. The molecule has 1 aliphatic rings. The Morgan fingerprint density at radius 1 is 1.23 bits per heavy atom. The minimum absolute atomic E-state index is 0.0975. The van der Waals surface area contributed by atoms with Crippen molar-refractivity contribution in [3.05, 3.63) is 33.8 Å². The predicted molar refractivity (Wildman–Crippen MR) is 83.2 cm³/mol. The molecule has 0 aromatic heterocycles. The Hall–Kier alpha value is -1.79. The van der Waals surface area contributed by atoms with Crippen molar-refractivity contribution in [1.29, 1.82) is 5.41 Å². The fraction of sp³-hybridized carbons (Fsp3) is 0.357. The number of carbonyl (C=O) groups is 2. The minimum Gasteiger partial charge on any atom is -0.449 e. The lowest BCUT2D eigenvalue weighted by Crippen LogP contribution is -2.44. The van der Waals surface area contributed by atoms with Gasteiger partial charge in [-0.3, -0.25) is 20.8 Å². The first kappa shape index (κ1) is 16.6. The van der Waals surface area contributed by atoms with Crippen molar-refractivity contribution in [1.82, 2.24) is 10.6 Å². The van der Waals surface area contributed by atoms with E-state index in [1.54, 1.807) is 18.2 Å². The second-order valence-electron chi connectivity index (χ2n) is 4.97. The van der Waals surface area contributed by atoms with Gasteiger partial charge in [-0.05, 0) is 36.5 Å². The molecule has 0 unspecified atom stereocenters. The lowest BCUT2D eigenvalue weighted by atomic mass is 10.1. The van der Waals surface area contributed by atoms with Crippen molar-refractivity contribution in [3.63, 3.8) is 0 Å². The normalized spacial score (nSPS) is 13.4. The highest BCUT2D eigenvalue weighted by atomic mass is 35.5. The number of hydrogen-bond donors (Lipinski definition) is 3. The molecule has 0 heterocycles. The molecule has 0 bridgehead atoms. The Morgan fingerprint density at radius 2 is 1.86 bits per heavy atom. The Kier molecular flexibility index (Phi) is 5.63. The van der Waals surface area contributed by atoms with Gasteiger partial charge in [0.05, 0.1) is 13.0 Å². The van der Waals surface area contributed by atoms with Gasteiger partial charge in [0.1, 0.15) is 0 Å². The van der Waals surface area contributed by atoms with Gasteiger partial charge in [0, 0.05) is 10.0 Å². The maximum absolute atomic E-state index is 11.8. The third-order valence-electron chi connectivity index (χ3n) is 3.04. The molecule has 118 valence electrons. The van der Waals surface area contributed by atoms with E-state index in [9.17, 15) is 9.59 Å². The van der Waals surface area contributed by atoms with Crippen LogP contribution in [0, 0.1) is 11.3 Å². The van der Waals surface area contributed by atoms with Crippen molar-refractivity contribution in [2.24, 2.45) is 5.92 Å². The summed E-state index contributed by atoms with van der Waals surface area (Å²) >= 11 is 11.9. The summed E-state index contributed by atoms with van der Waals surface area (Å²) in [5, 5.41) is 12.6. The van der Waals surface area contributed by atoms with Crippen LogP contribution in [0.5, 0.6) is 0 Å². The Bertz CT molecular complexity index is 583. The molecule has 22 heavy (non-hydrogen) atoms. The van der Waals surface area contributed by atoms with Crippen LogP contribution in [0.2, 0.25) is 10.0 Å². The minimum atomic E-state index is -0.757. The first-order valence-corrected chi connectivity index (χ1v) is 7.46. The molecule has 1 aliphatic carbocycles. The van der Waals surface area contributed by atoms with E-state index in [0.717, 1.165) is 12.8 Å². The van der Waals surface area contributed by atoms with Crippen LogP contribution in [0.15, 0.2) is 18.2 Å². The van der Waals surface area contributed by atoms with Crippen LogP contribution >= 0.6 is 23.2 Å². The zero-order valence-corrected chi connectivity index (χ0v) is 13.1. The number of ether oxygens (including phenoxy) is 1. The summed E-state index contributed by atoms with van der Waals surface area (Å²) in [7, 11) is 0. The number of guanidine groups is 1. The third-order valence-corrected chi connectivity index (χ3v) is 3.75. The van der Waals surface area contributed by atoms with Crippen LogP contribution in [0.3, 0.4) is 0 Å². The molecule has 3 N–H and O–H groups in total. The number of halogens is 2. The zero-order valence-electron chi connectivity index (χ0n) is 11.6. The molecule has 0 atom stereocenters. The largest absolute Gasteiger partial charge is 0.449 e. The summed E-state index contributed by atoms with van der Waals surface area (Å²) in [4.78, 5) is 23.2. The summed E-state index contributed by atoms with van der Waals surface area (Å²) in [6.07, 6.45) is 1.26. The molecule has 0 aliphatic heterocycles. The molecule has 8 heteroatoms. The predicted octanol–water partition coefficient (Wildman–Crippen LogP) is 2.72. The summed E-state index contributed by atoms with van der Waals surface area (Å²) in [5.74, 6) is -0.534. The summed E-state index contributed by atoms with van der Waals surface area (Å²) in [5.41, 5.74) is 0.465. The van der Waals surface area contributed by atoms with E-state index in [0.29, 0.717) is 28.1 Å². The van der Waals surface area contributed by atoms with Crippen LogP contribution < -0.4 is 10.6 Å². The van der Waals surface area contributed by atoms with Crippen molar-refractivity contribution in [2.45, 2.75) is 19.3 Å². The fourth-order valence-electron chi connectivity index (χ4n) is 1.69. The average Bonchev–Trinajstić information content (AvgIpc) is 3.25. The first-order valence-electron chi connectivity index (χ1n) is 6.70. The van der Waals surface area contributed by atoms with Gasteiger partial charge < -0.3 is 4.74 Å². The maximum Gasteiger partial charge on any atom is 0.413 e. The van der Waals surface area contributed by atoms with Crippen LogP contribution in [0.25, 0.3) is 0 Å². The number of amides is 2. The van der Waals surface area contributed by atoms with Gasteiger partial charge in [-0.2, -0.15) is 0 Å². The lowest BCUT2D eigenvalue weighted by Gasteiger charge is -2.10. The molecule has 0 spiro atoms. The van der Waals surface area contributed by atoms with E-state index in [4.69, 9.17) is 33.3 Å². The van der Waals surface area contributed by atoms with Gasteiger partial charge in [-0.1, -0.05) is 29.3 Å². The van der Waals surface area contributed by atoms with Gasteiger partial charge in [0.25, 0.3) is 0 Å². The number of hydrogen-bond acceptors (Lipinski definition) is 4. The second kappa shape index (κ2) is 7.47. The smallest absolute Gasteiger partial charge is 0.413 e. The van der Waals surface area contributed by atoms with E-state index in [1.165, 1.54) is 0 Å². The van der Waals surface area contributed by atoms with Gasteiger partial charge in [-0.25, -0.2) is 4.79 Å². The van der Waals surface area contributed by atoms with Gasteiger partial charge in [-0.15, -0.1) is 0 Å². The Balaban J connectivity index is 1.78. The molecule has 1 fully saturated rings. The highest BCUT2D eigenvalue weighted by molar-refractivity contribution is 6.36. The summed E-state index contributed by atoms with van der Waals surface area (Å²) < 4.78 is 4.89. The van der Waals surface area contributed by atoms with Crippen molar-refractivity contribution < 1.29 is 14.3 Å². The van der Waals surface area contributed by atoms with E-state index in [-0.39, 0.29) is 6.42 Å². The molecule has 6 nitrogen and oxygen atoms in total. The van der Waals surface area contributed by atoms with Gasteiger partial charge in [0.15, 0.2) is 0 Å². The third kappa shape index (κ3) is 5.20. The molecule has 0 radical (unpaired) electrons. The van der Waals surface area contributed by atoms with Crippen LogP contribution in [-0.2, 0) is 16.0 Å². The van der Waals surface area contributed by atoms with Crippen LogP contribution in [-0.4, -0.2) is 24.6 Å². The van der Waals surface area contributed by atoms with Crippen molar-refractivity contribution >= 4 is 41.2 Å². The van der Waals surface area contributed by atoms with E-state index in [1.807, 2.05) is 0 Å². The van der Waals surface area contributed by atoms with Crippen molar-refractivity contribution in [3.8, 4) is 0 Å². The summed E-state index contributed by atoms with van der Waals surface area (Å²) in [6, 6.07) is 4.91. The van der Waals surface area contributed by atoms with Crippen LogP contribution in [0.4, 0.5) is 4.79 Å². The molecule has 1 aromatic rings. The number of carbonyl (C=O) groups excluding carboxylic acids is 2. The van der Waals surface area contributed by atoms with E-state index >= 15 is 0 Å². The number of benzene rings is 1. The van der Waals surface area contributed by atoms with E-state index in [2.05, 4.69) is 10.6 Å². The molecular weight excluding hydrogens is 329 g/mol. The molecule has 1 saturated carbocycles. The van der Waals surface area contributed by atoms with Gasteiger partial charge in [0.2, 0.25) is 11.9 Å². The molecular formula is C14H15Cl2N3O3. The summed E-state index contributed by atoms with van der Waals surface area (Å²) in [6.45, 7) is 0.336. The number of alkyl carbamates (subject to hydrolysis) is 1. The van der Waals surface area contributed by atoms with Crippen molar-refractivity contribution in [2.75, 3.05) is 6.61 Å². The second-order valence-corrected chi connectivity index (χ2v) is 5.78. The maximum atomic E-state index is 11.8. The number of rotatable bonds is 4. The SMILES string of the molecule is N=C(NC(=O)Cc1c(Cl)cccc1Cl)NC(=O)OCC1CC1. The van der Waals surface area contributed by atoms with Crippen LogP contribution in [0.1, 0.15) is 18.4 Å². The topological polar surface area (TPSA) is 91.3 Å². The fourth-order valence-corrected chi connectivity index (χ4v) is 2.22. The first-order chi connectivity index (χ1) is 10.5. The lowest BCUT2D eigenvalue weighted by molar-refractivity contribution is -0.119. The molecule has 2 amide bonds. The van der Waals surface area contributed by atoms with E-state index < -0.39 is 18.0 Å². The molecule has 2 rings (SSSR count). The zero-order chi connectivity index (χ0) is 16.1. The Labute approximate surface area is 137 Å². The molecule has 0 saturated heterocycles. The highest BCUT2D eigenvalue weighted by Crippen LogP contribution is 2.28. The monoisotopic (exact) mass is 343 g/mol. The quantitative estimate of drug-likeness (QED) is 0.579. The standard InChI is InChI=1S/C14H15Cl2N3O3/c15-10-2-1-3-11(16)9(10)6-12(20)18-13(17)19-14(21)22-7-8-4-5-8/h1-3,8H,4-7H2,(H3,17,18,19,20,21). The number of nitrogens with one attached hydrogen (secondary N) is 3. The Morgan fingerprint density at radius 3 is 2.45 bits per heavy atom. The average molecular weight is 344 g/mol. The van der Waals surface area contributed by atoms with Gasteiger partial charge >= 0.3 is 6.09 Å². The highest BCUT2D eigenvalue weighted by Gasteiger charge is 2.23.